The van der Waals surface area contributed by atoms with Gasteiger partial charge in [-0.2, -0.15) is 0 Å². The monoisotopic (exact) mass is 479 g/mol. The van der Waals surface area contributed by atoms with Crippen molar-refractivity contribution in [2.45, 2.75) is 69.7 Å². The smallest absolute Gasteiger partial charge is 0.226 e. The zero-order valence-corrected chi connectivity index (χ0v) is 20.8. The zero-order chi connectivity index (χ0) is 23.8. The van der Waals surface area contributed by atoms with Crippen LogP contribution in [0.4, 0.5) is 11.6 Å². The van der Waals surface area contributed by atoms with Gasteiger partial charge in [-0.15, -0.1) is 0 Å². The number of likely N-dealkylation sites (tertiary alicyclic amines) is 1. The van der Waals surface area contributed by atoms with E-state index in [1.165, 1.54) is 31.0 Å². The summed E-state index contributed by atoms with van der Waals surface area (Å²) >= 11 is 0. The number of anilines is 2. The van der Waals surface area contributed by atoms with E-state index in [1.807, 2.05) is 0 Å². The minimum atomic E-state index is 0.0405. The molecule has 9 heteroatoms. The SMILES string of the molecule is C[C@@H]1CC(=O)Nc2ncnc(N3CCC(c4nc(C5CCOCC5)cn4CCN4CCC4)CC3)c21. The van der Waals surface area contributed by atoms with Gasteiger partial charge < -0.3 is 24.4 Å². The standard InChI is InChI=1S/C26H37N7O2/c1-18-15-22(34)30-24-23(18)26(28-17-27-24)32-9-3-20(4-10-32)25-29-21(19-5-13-35-14-6-19)16-33(25)12-11-31-7-2-8-31/h16-20H,2-15H2,1H3,(H,27,28,30,34)/t18-/m1/s1. The van der Waals surface area contributed by atoms with Crippen molar-refractivity contribution >= 4 is 17.5 Å². The van der Waals surface area contributed by atoms with Gasteiger partial charge in [0.05, 0.1) is 5.69 Å². The molecule has 0 unspecified atom stereocenters. The highest BCUT2D eigenvalue weighted by molar-refractivity contribution is 5.94. The molecule has 0 aromatic carbocycles. The topological polar surface area (TPSA) is 88.4 Å². The van der Waals surface area contributed by atoms with Gasteiger partial charge in [-0.3, -0.25) is 4.79 Å². The third-order valence-electron chi connectivity index (χ3n) is 8.34. The molecule has 6 rings (SSSR count). The lowest BCUT2D eigenvalue weighted by molar-refractivity contribution is -0.116. The van der Waals surface area contributed by atoms with Crippen LogP contribution in [-0.4, -0.2) is 76.3 Å². The molecule has 35 heavy (non-hydrogen) atoms. The number of carbonyl (C=O) groups excluding carboxylic acids is 1. The van der Waals surface area contributed by atoms with Crippen LogP contribution in [-0.2, 0) is 16.1 Å². The van der Waals surface area contributed by atoms with Gasteiger partial charge in [0.1, 0.15) is 23.8 Å². The van der Waals surface area contributed by atoms with Gasteiger partial charge in [0.25, 0.3) is 0 Å². The number of piperidine rings is 1. The summed E-state index contributed by atoms with van der Waals surface area (Å²) in [6, 6.07) is 0. The molecule has 0 aliphatic carbocycles. The lowest BCUT2D eigenvalue weighted by atomic mass is 9.92. The molecule has 0 radical (unpaired) electrons. The fourth-order valence-electron chi connectivity index (χ4n) is 6.10. The van der Waals surface area contributed by atoms with E-state index in [9.17, 15) is 4.79 Å². The van der Waals surface area contributed by atoms with E-state index in [0.717, 1.165) is 76.5 Å². The van der Waals surface area contributed by atoms with Crippen LogP contribution in [0.25, 0.3) is 0 Å². The molecule has 188 valence electrons. The van der Waals surface area contributed by atoms with Gasteiger partial charge in [0, 0.05) is 69.4 Å². The van der Waals surface area contributed by atoms with Gasteiger partial charge in [-0.1, -0.05) is 6.92 Å². The van der Waals surface area contributed by atoms with E-state index in [4.69, 9.17) is 9.72 Å². The molecule has 1 N–H and O–H groups in total. The number of rotatable bonds is 6. The van der Waals surface area contributed by atoms with Crippen LogP contribution in [0, 0.1) is 0 Å². The molecule has 6 heterocycles. The van der Waals surface area contributed by atoms with Crippen molar-refractivity contribution < 1.29 is 9.53 Å². The van der Waals surface area contributed by atoms with Crippen molar-refractivity contribution in [2.24, 2.45) is 0 Å². The Balaban J connectivity index is 1.19. The lowest BCUT2D eigenvalue weighted by Crippen LogP contribution is -2.39. The Labute approximate surface area is 207 Å². The maximum absolute atomic E-state index is 12.0. The molecule has 0 spiro atoms. The summed E-state index contributed by atoms with van der Waals surface area (Å²) in [5.74, 6) is 4.11. The summed E-state index contributed by atoms with van der Waals surface area (Å²) in [4.78, 5) is 31.2. The van der Waals surface area contributed by atoms with E-state index in [-0.39, 0.29) is 11.8 Å². The lowest BCUT2D eigenvalue weighted by Gasteiger charge is -2.36. The molecule has 1 atom stereocenters. The molecule has 2 aromatic heterocycles. The predicted molar refractivity (Wildman–Crippen MR) is 134 cm³/mol. The molecular formula is C26H37N7O2. The second-order valence-corrected chi connectivity index (χ2v) is 10.7. The number of fused-ring (bicyclic) bond motifs is 1. The second-order valence-electron chi connectivity index (χ2n) is 10.7. The van der Waals surface area contributed by atoms with E-state index in [2.05, 4.69) is 42.8 Å². The number of ether oxygens (including phenoxy) is 1. The van der Waals surface area contributed by atoms with E-state index in [0.29, 0.717) is 24.1 Å². The van der Waals surface area contributed by atoms with E-state index < -0.39 is 0 Å². The minimum absolute atomic E-state index is 0.0405. The first-order chi connectivity index (χ1) is 17.2. The Morgan fingerprint density at radius 1 is 1.03 bits per heavy atom. The highest BCUT2D eigenvalue weighted by atomic mass is 16.5. The van der Waals surface area contributed by atoms with Crippen LogP contribution in [0.1, 0.15) is 80.3 Å². The first-order valence-corrected chi connectivity index (χ1v) is 13.4. The van der Waals surface area contributed by atoms with E-state index in [1.54, 1.807) is 6.33 Å². The van der Waals surface area contributed by atoms with Crippen LogP contribution in [0.2, 0.25) is 0 Å². The first kappa shape index (κ1) is 22.9. The molecule has 0 saturated carbocycles. The Morgan fingerprint density at radius 3 is 2.57 bits per heavy atom. The van der Waals surface area contributed by atoms with Crippen LogP contribution < -0.4 is 10.2 Å². The summed E-state index contributed by atoms with van der Waals surface area (Å²) in [5, 5.41) is 2.94. The number of carbonyl (C=O) groups is 1. The number of aromatic nitrogens is 4. The fourth-order valence-corrected chi connectivity index (χ4v) is 6.10. The van der Waals surface area contributed by atoms with Gasteiger partial charge >= 0.3 is 0 Å². The summed E-state index contributed by atoms with van der Waals surface area (Å²) in [7, 11) is 0. The molecular weight excluding hydrogens is 442 g/mol. The van der Waals surface area contributed by atoms with Crippen molar-refractivity contribution in [2.75, 3.05) is 56.2 Å². The molecule has 2 aromatic rings. The van der Waals surface area contributed by atoms with Crippen LogP contribution in [0.5, 0.6) is 0 Å². The summed E-state index contributed by atoms with van der Waals surface area (Å²) in [6.45, 7) is 10.3. The Morgan fingerprint density at radius 2 is 1.83 bits per heavy atom. The molecule has 4 aliphatic heterocycles. The first-order valence-electron chi connectivity index (χ1n) is 13.4. The van der Waals surface area contributed by atoms with Crippen molar-refractivity contribution in [3.05, 3.63) is 29.6 Å². The van der Waals surface area contributed by atoms with E-state index >= 15 is 0 Å². The summed E-state index contributed by atoms with van der Waals surface area (Å²) in [6.07, 6.45) is 10.0. The second kappa shape index (κ2) is 9.85. The van der Waals surface area contributed by atoms with Gasteiger partial charge in [0.2, 0.25) is 5.91 Å². The largest absolute Gasteiger partial charge is 0.381 e. The van der Waals surface area contributed by atoms with Gasteiger partial charge in [-0.25, -0.2) is 15.0 Å². The molecule has 9 nitrogen and oxygen atoms in total. The third kappa shape index (κ3) is 4.68. The van der Waals surface area contributed by atoms with Crippen LogP contribution >= 0.6 is 0 Å². The van der Waals surface area contributed by atoms with Crippen LogP contribution in [0.3, 0.4) is 0 Å². The predicted octanol–water partition coefficient (Wildman–Crippen LogP) is 3.10. The number of nitrogens with one attached hydrogen (secondary N) is 1. The highest BCUT2D eigenvalue weighted by Gasteiger charge is 2.32. The normalized spacial score (nSPS) is 24.2. The Hall–Kier alpha value is -2.52. The van der Waals surface area contributed by atoms with Crippen molar-refractivity contribution in [1.82, 2.24) is 24.4 Å². The van der Waals surface area contributed by atoms with Gasteiger partial charge in [0.15, 0.2) is 0 Å². The van der Waals surface area contributed by atoms with Gasteiger partial charge in [-0.05, 0) is 51.1 Å². The zero-order valence-electron chi connectivity index (χ0n) is 20.8. The molecule has 0 bridgehead atoms. The fraction of sp³-hybridized carbons (Fsp3) is 0.692. The van der Waals surface area contributed by atoms with Crippen molar-refractivity contribution in [3.8, 4) is 0 Å². The Kier molecular flexibility index (Phi) is 6.45. The molecule has 1 amide bonds. The number of imidazole rings is 1. The molecule has 4 aliphatic rings. The highest BCUT2D eigenvalue weighted by Crippen LogP contribution is 2.39. The number of hydrogen-bond donors (Lipinski definition) is 1. The number of amides is 1. The summed E-state index contributed by atoms with van der Waals surface area (Å²) < 4.78 is 8.07. The quantitative estimate of drug-likeness (QED) is 0.681. The molecule has 3 fully saturated rings. The maximum Gasteiger partial charge on any atom is 0.226 e. The van der Waals surface area contributed by atoms with Crippen LogP contribution in [0.15, 0.2) is 12.5 Å². The molecule has 3 saturated heterocycles. The van der Waals surface area contributed by atoms with Crippen molar-refractivity contribution in [1.29, 1.82) is 0 Å². The summed E-state index contributed by atoms with van der Waals surface area (Å²) in [5.41, 5.74) is 2.35. The number of nitrogens with zero attached hydrogens (tertiary/aromatic N) is 6. The minimum Gasteiger partial charge on any atom is -0.381 e. The van der Waals surface area contributed by atoms with Crippen molar-refractivity contribution in [3.63, 3.8) is 0 Å². The third-order valence-corrected chi connectivity index (χ3v) is 8.34. The number of hydrogen-bond acceptors (Lipinski definition) is 7. The maximum atomic E-state index is 12.0. The Bertz CT molecular complexity index is 1050. The average Bonchev–Trinajstić information content (AvgIpc) is 3.27. The average molecular weight is 480 g/mol.